The molecule has 1 saturated heterocycles. The van der Waals surface area contributed by atoms with Crippen LogP contribution < -0.4 is 0 Å². The summed E-state index contributed by atoms with van der Waals surface area (Å²) in [7, 11) is 4.35. The Kier molecular flexibility index (Phi) is 4.91. The van der Waals surface area contributed by atoms with E-state index in [2.05, 4.69) is 75.1 Å². The summed E-state index contributed by atoms with van der Waals surface area (Å²) in [6.45, 7) is 3.41. The second-order valence-corrected chi connectivity index (χ2v) is 7.15. The maximum absolute atomic E-state index is 4.23. The van der Waals surface area contributed by atoms with Crippen molar-refractivity contribution in [3.63, 3.8) is 0 Å². The minimum atomic E-state index is 0.701. The number of pyridine rings is 1. The zero-order valence-corrected chi connectivity index (χ0v) is 14.8. The van der Waals surface area contributed by atoms with Gasteiger partial charge in [-0.15, -0.1) is 0 Å². The highest BCUT2D eigenvalue weighted by Gasteiger charge is 2.23. The van der Waals surface area contributed by atoms with Gasteiger partial charge in [0.15, 0.2) is 0 Å². The molecular weight excluding hydrogens is 338 g/mol. The molecule has 0 N–H and O–H groups in total. The maximum atomic E-state index is 4.23. The van der Waals surface area contributed by atoms with Crippen LogP contribution in [0, 0.1) is 0 Å². The molecule has 0 saturated carbocycles. The van der Waals surface area contributed by atoms with E-state index in [0.29, 0.717) is 6.04 Å². The van der Waals surface area contributed by atoms with Crippen molar-refractivity contribution in [2.75, 3.05) is 27.2 Å². The van der Waals surface area contributed by atoms with Gasteiger partial charge in [0.1, 0.15) is 0 Å². The van der Waals surface area contributed by atoms with Crippen molar-refractivity contribution in [1.82, 2.24) is 14.8 Å². The molecule has 0 amide bonds. The van der Waals surface area contributed by atoms with Crippen molar-refractivity contribution in [2.24, 2.45) is 0 Å². The Balaban J connectivity index is 1.65. The first kappa shape index (κ1) is 15.7. The highest BCUT2D eigenvalue weighted by Crippen LogP contribution is 2.23. The lowest BCUT2D eigenvalue weighted by Gasteiger charge is -2.20. The van der Waals surface area contributed by atoms with Gasteiger partial charge in [-0.25, -0.2) is 0 Å². The molecule has 1 aliphatic heterocycles. The zero-order chi connectivity index (χ0) is 15.5. The van der Waals surface area contributed by atoms with Crippen molar-refractivity contribution >= 4 is 15.9 Å². The second-order valence-electron chi connectivity index (χ2n) is 6.23. The van der Waals surface area contributed by atoms with Crippen LogP contribution >= 0.6 is 15.9 Å². The van der Waals surface area contributed by atoms with Gasteiger partial charge < -0.3 is 4.90 Å². The summed E-state index contributed by atoms with van der Waals surface area (Å²) in [5.41, 5.74) is 3.74. The van der Waals surface area contributed by atoms with Gasteiger partial charge in [-0.1, -0.05) is 24.3 Å². The lowest BCUT2D eigenvalue weighted by Crippen LogP contribution is -2.31. The molecule has 1 aliphatic rings. The van der Waals surface area contributed by atoms with E-state index < -0.39 is 0 Å². The summed E-state index contributed by atoms with van der Waals surface area (Å²) in [6, 6.07) is 11.7. The third-order valence-corrected chi connectivity index (χ3v) is 4.81. The van der Waals surface area contributed by atoms with Crippen molar-refractivity contribution < 1.29 is 0 Å². The number of rotatable bonds is 4. The fourth-order valence-corrected chi connectivity index (χ4v) is 3.37. The van der Waals surface area contributed by atoms with Crippen LogP contribution in [0.25, 0.3) is 11.1 Å². The average Bonchev–Trinajstić information content (AvgIpc) is 2.97. The lowest BCUT2D eigenvalue weighted by atomic mass is 10.1. The van der Waals surface area contributed by atoms with Crippen LogP contribution in [0.15, 0.2) is 47.2 Å². The van der Waals surface area contributed by atoms with Gasteiger partial charge in [0.05, 0.1) is 0 Å². The molecule has 22 heavy (non-hydrogen) atoms. The van der Waals surface area contributed by atoms with E-state index in [0.717, 1.165) is 16.6 Å². The van der Waals surface area contributed by atoms with Crippen molar-refractivity contribution in [2.45, 2.75) is 19.0 Å². The molecule has 116 valence electrons. The average molecular weight is 360 g/mol. The fourth-order valence-electron chi connectivity index (χ4n) is 3.01. The Hall–Kier alpha value is -1.23. The van der Waals surface area contributed by atoms with E-state index in [1.54, 1.807) is 0 Å². The molecule has 0 radical (unpaired) electrons. The maximum Gasteiger partial charge on any atom is 0.0410 e. The monoisotopic (exact) mass is 359 g/mol. The molecule has 1 fully saturated rings. The van der Waals surface area contributed by atoms with Crippen LogP contribution in [-0.2, 0) is 6.54 Å². The number of likely N-dealkylation sites (N-methyl/N-ethyl adjacent to an activating group) is 1. The number of halogens is 1. The standard InChI is InChI=1S/C18H22BrN3/c1-21(2)18-7-8-22(13-18)12-14-3-5-15(6-4-14)16-9-17(19)11-20-10-16/h3-6,9-11,18H,7-8,12-13H2,1-2H3/t18-/m0/s1. The summed E-state index contributed by atoms with van der Waals surface area (Å²) in [5.74, 6) is 0. The van der Waals surface area contributed by atoms with Crippen LogP contribution in [0.2, 0.25) is 0 Å². The Morgan fingerprint density at radius 2 is 1.95 bits per heavy atom. The SMILES string of the molecule is CN(C)[C@H]1CCN(Cc2ccc(-c3cncc(Br)c3)cc2)C1. The zero-order valence-electron chi connectivity index (χ0n) is 13.2. The van der Waals surface area contributed by atoms with E-state index in [1.807, 2.05) is 12.4 Å². The molecule has 0 unspecified atom stereocenters. The van der Waals surface area contributed by atoms with E-state index in [9.17, 15) is 0 Å². The first-order valence-corrected chi connectivity index (χ1v) is 8.50. The summed E-state index contributed by atoms with van der Waals surface area (Å²) < 4.78 is 1.01. The smallest absolute Gasteiger partial charge is 0.0410 e. The van der Waals surface area contributed by atoms with Gasteiger partial charge in [0, 0.05) is 48.1 Å². The molecule has 1 aromatic carbocycles. The fraction of sp³-hybridized carbons (Fsp3) is 0.389. The molecule has 2 heterocycles. The first-order valence-electron chi connectivity index (χ1n) is 7.70. The minimum absolute atomic E-state index is 0.701. The van der Waals surface area contributed by atoms with Crippen LogP contribution in [0.5, 0.6) is 0 Å². The highest BCUT2D eigenvalue weighted by atomic mass is 79.9. The predicted octanol–water partition coefficient (Wildman–Crippen LogP) is 3.65. The molecule has 1 aromatic heterocycles. The molecular formula is C18H22BrN3. The number of hydrogen-bond donors (Lipinski definition) is 0. The van der Waals surface area contributed by atoms with Crippen LogP contribution in [0.4, 0.5) is 0 Å². The van der Waals surface area contributed by atoms with Crippen molar-refractivity contribution in [1.29, 1.82) is 0 Å². The number of nitrogens with zero attached hydrogens (tertiary/aromatic N) is 3. The number of likely N-dealkylation sites (tertiary alicyclic amines) is 1. The van der Waals surface area contributed by atoms with E-state index in [1.165, 1.54) is 30.6 Å². The normalized spacial score (nSPS) is 19.0. The number of hydrogen-bond acceptors (Lipinski definition) is 3. The largest absolute Gasteiger partial charge is 0.305 e. The van der Waals surface area contributed by atoms with Gasteiger partial charge in [-0.05, 0) is 53.6 Å². The molecule has 0 aliphatic carbocycles. The molecule has 3 nitrogen and oxygen atoms in total. The summed E-state index contributed by atoms with van der Waals surface area (Å²) in [5, 5.41) is 0. The quantitative estimate of drug-likeness (QED) is 0.830. The van der Waals surface area contributed by atoms with Crippen LogP contribution in [0.1, 0.15) is 12.0 Å². The molecule has 0 spiro atoms. The Morgan fingerprint density at radius 1 is 1.18 bits per heavy atom. The van der Waals surface area contributed by atoms with E-state index in [-0.39, 0.29) is 0 Å². The third kappa shape index (κ3) is 3.75. The van der Waals surface area contributed by atoms with Gasteiger partial charge in [-0.3, -0.25) is 9.88 Å². The Labute approximate surface area is 141 Å². The van der Waals surface area contributed by atoms with Crippen molar-refractivity contribution in [3.05, 3.63) is 52.8 Å². The molecule has 2 aromatic rings. The lowest BCUT2D eigenvalue weighted by molar-refractivity contribution is 0.264. The predicted molar refractivity (Wildman–Crippen MR) is 94.7 cm³/mol. The van der Waals surface area contributed by atoms with Gasteiger partial charge >= 0.3 is 0 Å². The summed E-state index contributed by atoms with van der Waals surface area (Å²) >= 11 is 3.48. The van der Waals surface area contributed by atoms with Crippen LogP contribution in [0.3, 0.4) is 0 Å². The van der Waals surface area contributed by atoms with Gasteiger partial charge in [0.2, 0.25) is 0 Å². The highest BCUT2D eigenvalue weighted by molar-refractivity contribution is 9.10. The van der Waals surface area contributed by atoms with Crippen molar-refractivity contribution in [3.8, 4) is 11.1 Å². The Bertz CT molecular complexity index is 624. The third-order valence-electron chi connectivity index (χ3n) is 4.38. The minimum Gasteiger partial charge on any atom is -0.305 e. The molecule has 0 bridgehead atoms. The van der Waals surface area contributed by atoms with Gasteiger partial charge in [-0.2, -0.15) is 0 Å². The number of benzene rings is 1. The summed E-state index contributed by atoms with van der Waals surface area (Å²) in [6.07, 6.45) is 4.99. The molecule has 3 rings (SSSR count). The van der Waals surface area contributed by atoms with E-state index >= 15 is 0 Å². The second kappa shape index (κ2) is 6.90. The summed E-state index contributed by atoms with van der Waals surface area (Å²) in [4.78, 5) is 9.11. The Morgan fingerprint density at radius 3 is 2.59 bits per heavy atom. The van der Waals surface area contributed by atoms with E-state index in [4.69, 9.17) is 0 Å². The molecule has 4 heteroatoms. The first-order chi connectivity index (χ1) is 10.6. The number of aromatic nitrogens is 1. The van der Waals surface area contributed by atoms with Gasteiger partial charge in [0.25, 0.3) is 0 Å². The molecule has 1 atom stereocenters. The topological polar surface area (TPSA) is 19.4 Å². The van der Waals surface area contributed by atoms with Crippen LogP contribution in [-0.4, -0.2) is 48.0 Å².